The molecule has 94 valence electrons. The number of piperidine rings is 1. The van der Waals surface area contributed by atoms with E-state index in [1.54, 1.807) is 13.8 Å². The fraction of sp³-hybridized carbons (Fsp3) is 0.909. The van der Waals surface area contributed by atoms with Gasteiger partial charge in [-0.15, -0.1) is 0 Å². The number of esters is 1. The van der Waals surface area contributed by atoms with Gasteiger partial charge in [-0.25, -0.2) is 0 Å². The van der Waals surface area contributed by atoms with E-state index >= 15 is 0 Å². The maximum atomic E-state index is 11.3. The Morgan fingerprint density at radius 1 is 1.62 bits per heavy atom. The average Bonchev–Trinajstić information content (AvgIpc) is 2.16. The highest BCUT2D eigenvalue weighted by atomic mass is 16.5. The van der Waals surface area contributed by atoms with Crippen LogP contribution in [0.4, 0.5) is 0 Å². The van der Waals surface area contributed by atoms with Crippen LogP contribution in [0.1, 0.15) is 20.3 Å². The Morgan fingerprint density at radius 2 is 2.31 bits per heavy atom. The first-order chi connectivity index (χ1) is 7.52. The summed E-state index contributed by atoms with van der Waals surface area (Å²) in [7, 11) is 0. The SMILES string of the molecule is CCOC(=O)CN1CC(N)CC(C(C)O)C1. The Balaban J connectivity index is 2.44. The Bertz CT molecular complexity index is 233. The summed E-state index contributed by atoms with van der Waals surface area (Å²) in [4.78, 5) is 13.3. The standard InChI is InChI=1S/C11H22N2O3/c1-3-16-11(15)7-13-5-9(8(2)14)4-10(12)6-13/h8-10,14H,3-7,12H2,1-2H3. The first kappa shape index (κ1) is 13.4. The molecule has 1 aliphatic rings. The van der Waals surface area contributed by atoms with Crippen LogP contribution in [0.2, 0.25) is 0 Å². The van der Waals surface area contributed by atoms with Gasteiger partial charge in [0.05, 0.1) is 19.3 Å². The van der Waals surface area contributed by atoms with Gasteiger partial charge < -0.3 is 15.6 Å². The second kappa shape index (κ2) is 6.18. The van der Waals surface area contributed by atoms with E-state index in [0.29, 0.717) is 19.7 Å². The van der Waals surface area contributed by atoms with Crippen LogP contribution < -0.4 is 5.73 Å². The number of ether oxygens (including phenoxy) is 1. The van der Waals surface area contributed by atoms with Crippen LogP contribution in [0.3, 0.4) is 0 Å². The predicted molar refractivity (Wildman–Crippen MR) is 60.8 cm³/mol. The Morgan fingerprint density at radius 3 is 2.88 bits per heavy atom. The summed E-state index contributed by atoms with van der Waals surface area (Å²) in [6.45, 7) is 5.64. The van der Waals surface area contributed by atoms with Crippen LogP contribution in [0.25, 0.3) is 0 Å². The maximum absolute atomic E-state index is 11.3. The molecule has 5 nitrogen and oxygen atoms in total. The minimum absolute atomic E-state index is 0.0303. The molecule has 1 saturated heterocycles. The molecular formula is C11H22N2O3. The van der Waals surface area contributed by atoms with Crippen molar-refractivity contribution in [1.29, 1.82) is 0 Å². The fourth-order valence-electron chi connectivity index (χ4n) is 2.14. The summed E-state index contributed by atoms with van der Waals surface area (Å²) in [5.41, 5.74) is 5.90. The zero-order valence-corrected chi connectivity index (χ0v) is 10.1. The van der Waals surface area contributed by atoms with Gasteiger partial charge in [0.15, 0.2) is 0 Å². The van der Waals surface area contributed by atoms with Gasteiger partial charge in [-0.05, 0) is 26.2 Å². The second-order valence-electron chi connectivity index (χ2n) is 4.50. The lowest BCUT2D eigenvalue weighted by Gasteiger charge is -2.36. The minimum Gasteiger partial charge on any atom is -0.465 e. The van der Waals surface area contributed by atoms with E-state index in [-0.39, 0.29) is 30.6 Å². The van der Waals surface area contributed by atoms with Crippen LogP contribution in [-0.4, -0.2) is 54.4 Å². The number of likely N-dealkylation sites (tertiary alicyclic amines) is 1. The zero-order valence-electron chi connectivity index (χ0n) is 10.1. The number of aliphatic hydroxyl groups is 1. The molecule has 1 fully saturated rings. The largest absolute Gasteiger partial charge is 0.465 e. The highest BCUT2D eigenvalue weighted by molar-refractivity contribution is 5.71. The van der Waals surface area contributed by atoms with Crippen LogP contribution in [0, 0.1) is 5.92 Å². The van der Waals surface area contributed by atoms with Crippen molar-refractivity contribution in [3.05, 3.63) is 0 Å². The van der Waals surface area contributed by atoms with Crippen molar-refractivity contribution < 1.29 is 14.6 Å². The molecule has 0 aromatic heterocycles. The zero-order chi connectivity index (χ0) is 12.1. The van der Waals surface area contributed by atoms with E-state index in [2.05, 4.69) is 0 Å². The second-order valence-corrected chi connectivity index (χ2v) is 4.50. The molecule has 3 N–H and O–H groups in total. The summed E-state index contributed by atoms with van der Waals surface area (Å²) in [6, 6.07) is 0.0303. The highest BCUT2D eigenvalue weighted by Crippen LogP contribution is 2.18. The van der Waals surface area contributed by atoms with Gasteiger partial charge in [0.1, 0.15) is 0 Å². The first-order valence-corrected chi connectivity index (χ1v) is 5.84. The molecule has 1 heterocycles. The molecule has 0 aromatic carbocycles. The van der Waals surface area contributed by atoms with Crippen LogP contribution >= 0.6 is 0 Å². The molecule has 3 atom stereocenters. The number of hydrogen-bond acceptors (Lipinski definition) is 5. The molecule has 0 radical (unpaired) electrons. The molecule has 3 unspecified atom stereocenters. The van der Waals surface area contributed by atoms with E-state index in [4.69, 9.17) is 10.5 Å². The van der Waals surface area contributed by atoms with Gasteiger partial charge in [0, 0.05) is 19.1 Å². The van der Waals surface area contributed by atoms with Crippen molar-refractivity contribution in [2.24, 2.45) is 11.7 Å². The third kappa shape index (κ3) is 4.08. The maximum Gasteiger partial charge on any atom is 0.320 e. The van der Waals surface area contributed by atoms with Crippen LogP contribution in [0.15, 0.2) is 0 Å². The molecular weight excluding hydrogens is 208 g/mol. The third-order valence-electron chi connectivity index (χ3n) is 2.93. The van der Waals surface area contributed by atoms with Gasteiger partial charge in [-0.2, -0.15) is 0 Å². The van der Waals surface area contributed by atoms with E-state index in [1.165, 1.54) is 0 Å². The van der Waals surface area contributed by atoms with Crippen molar-refractivity contribution in [2.75, 3.05) is 26.2 Å². The average molecular weight is 230 g/mol. The summed E-state index contributed by atoms with van der Waals surface area (Å²) in [6.07, 6.45) is 0.438. The van der Waals surface area contributed by atoms with Crippen molar-refractivity contribution in [3.63, 3.8) is 0 Å². The van der Waals surface area contributed by atoms with Crippen molar-refractivity contribution in [1.82, 2.24) is 4.90 Å². The monoisotopic (exact) mass is 230 g/mol. The van der Waals surface area contributed by atoms with Crippen molar-refractivity contribution >= 4 is 5.97 Å². The molecule has 1 rings (SSSR count). The minimum atomic E-state index is -0.379. The van der Waals surface area contributed by atoms with E-state index in [0.717, 1.165) is 6.42 Å². The lowest BCUT2D eigenvalue weighted by molar-refractivity contribution is -0.145. The van der Waals surface area contributed by atoms with Crippen LogP contribution in [0.5, 0.6) is 0 Å². The highest BCUT2D eigenvalue weighted by Gasteiger charge is 2.29. The summed E-state index contributed by atoms with van der Waals surface area (Å²) in [5, 5.41) is 9.55. The lowest BCUT2D eigenvalue weighted by Crippen LogP contribution is -2.51. The Labute approximate surface area is 96.6 Å². The van der Waals surface area contributed by atoms with Gasteiger partial charge in [0.2, 0.25) is 0 Å². The topological polar surface area (TPSA) is 75.8 Å². The van der Waals surface area contributed by atoms with Crippen molar-refractivity contribution in [2.45, 2.75) is 32.4 Å². The summed E-state index contributed by atoms with van der Waals surface area (Å²) in [5.74, 6) is -0.0703. The quantitative estimate of drug-likeness (QED) is 0.642. The van der Waals surface area contributed by atoms with E-state index < -0.39 is 0 Å². The lowest BCUT2D eigenvalue weighted by atomic mass is 9.91. The third-order valence-corrected chi connectivity index (χ3v) is 2.93. The Kier molecular flexibility index (Phi) is 5.18. The van der Waals surface area contributed by atoms with E-state index in [9.17, 15) is 9.90 Å². The molecule has 16 heavy (non-hydrogen) atoms. The van der Waals surface area contributed by atoms with Gasteiger partial charge in [0.25, 0.3) is 0 Å². The number of hydrogen-bond donors (Lipinski definition) is 2. The van der Waals surface area contributed by atoms with E-state index in [1.807, 2.05) is 4.90 Å². The molecule has 0 aromatic rings. The fourth-order valence-corrected chi connectivity index (χ4v) is 2.14. The summed E-state index contributed by atoms with van der Waals surface area (Å²) >= 11 is 0. The smallest absolute Gasteiger partial charge is 0.320 e. The number of carbonyl (C=O) groups is 1. The first-order valence-electron chi connectivity index (χ1n) is 5.84. The number of nitrogens with two attached hydrogens (primary N) is 1. The molecule has 0 spiro atoms. The number of rotatable bonds is 4. The van der Waals surface area contributed by atoms with Gasteiger partial charge in [-0.3, -0.25) is 9.69 Å². The number of nitrogens with zero attached hydrogens (tertiary/aromatic N) is 1. The molecule has 1 aliphatic heterocycles. The number of carbonyl (C=O) groups excluding carboxylic acids is 1. The number of aliphatic hydroxyl groups excluding tert-OH is 1. The molecule has 0 saturated carbocycles. The van der Waals surface area contributed by atoms with Crippen molar-refractivity contribution in [3.8, 4) is 0 Å². The molecule has 5 heteroatoms. The van der Waals surface area contributed by atoms with Gasteiger partial charge >= 0.3 is 5.97 Å². The molecule has 0 bridgehead atoms. The summed E-state index contributed by atoms with van der Waals surface area (Å²) < 4.78 is 4.89. The molecule has 0 amide bonds. The predicted octanol–water partition coefficient (Wildman–Crippen LogP) is -0.420. The van der Waals surface area contributed by atoms with Gasteiger partial charge in [-0.1, -0.05) is 0 Å². The Hall–Kier alpha value is -0.650. The van der Waals surface area contributed by atoms with Crippen LogP contribution in [-0.2, 0) is 9.53 Å². The molecule has 0 aliphatic carbocycles. The normalized spacial score (nSPS) is 28.8.